The number of carbonyl (C=O) groups is 1. The molecule has 24 heavy (non-hydrogen) atoms. The number of aryl methyl sites for hydroxylation is 2. The van der Waals surface area contributed by atoms with Crippen LogP contribution in [0.15, 0.2) is 41.3 Å². The molecule has 1 aromatic heterocycles. The van der Waals surface area contributed by atoms with Gasteiger partial charge in [-0.1, -0.05) is 23.5 Å². The molecule has 3 rings (SSSR count). The van der Waals surface area contributed by atoms with Crippen LogP contribution in [0, 0.1) is 13.8 Å². The minimum Gasteiger partial charge on any atom is -0.497 e. The summed E-state index contributed by atoms with van der Waals surface area (Å²) in [6.45, 7) is 4.09. The molecule has 1 N–H and O–H groups in total. The number of aromatic nitrogens is 1. The van der Waals surface area contributed by atoms with E-state index in [0.717, 1.165) is 26.4 Å². The van der Waals surface area contributed by atoms with Gasteiger partial charge in [0.05, 0.1) is 23.1 Å². The molecule has 0 saturated carbocycles. The summed E-state index contributed by atoms with van der Waals surface area (Å²) in [6.07, 6.45) is 0. The Labute approximate surface area is 149 Å². The first-order valence-electron chi connectivity index (χ1n) is 7.50. The number of hydrogen-bond acceptors (Lipinski definition) is 5. The quantitative estimate of drug-likeness (QED) is 0.674. The van der Waals surface area contributed by atoms with Gasteiger partial charge in [-0.2, -0.15) is 0 Å². The number of hydrogen-bond donors (Lipinski definition) is 1. The van der Waals surface area contributed by atoms with E-state index in [-0.39, 0.29) is 5.91 Å². The minimum absolute atomic E-state index is 0.0508. The zero-order valence-electron chi connectivity index (χ0n) is 13.8. The maximum absolute atomic E-state index is 12.2. The van der Waals surface area contributed by atoms with E-state index in [2.05, 4.69) is 29.4 Å². The van der Waals surface area contributed by atoms with Crippen LogP contribution in [-0.2, 0) is 4.79 Å². The standard InChI is InChI=1S/C18H18N2O2S2/c1-11-4-5-12(2)17-16(11)20-18(24-17)19-15(21)10-23-14-8-6-13(22-3)7-9-14/h4-9H,10H2,1-3H3,(H,19,20,21). The lowest BCUT2D eigenvalue weighted by molar-refractivity contribution is -0.113. The van der Waals surface area contributed by atoms with Crippen molar-refractivity contribution in [1.29, 1.82) is 0 Å². The molecule has 2 aromatic carbocycles. The van der Waals surface area contributed by atoms with E-state index in [0.29, 0.717) is 10.9 Å². The number of thioether (sulfide) groups is 1. The Morgan fingerprint density at radius 2 is 1.88 bits per heavy atom. The number of amides is 1. The zero-order valence-corrected chi connectivity index (χ0v) is 15.4. The SMILES string of the molecule is COc1ccc(SCC(=O)Nc2nc3c(C)ccc(C)c3s2)cc1. The van der Waals surface area contributed by atoms with Crippen LogP contribution < -0.4 is 10.1 Å². The molecule has 1 amide bonds. The topological polar surface area (TPSA) is 51.2 Å². The summed E-state index contributed by atoms with van der Waals surface area (Å²) in [7, 11) is 1.64. The van der Waals surface area contributed by atoms with Crippen LogP contribution in [0.2, 0.25) is 0 Å². The summed E-state index contributed by atoms with van der Waals surface area (Å²) in [5.41, 5.74) is 3.28. The fourth-order valence-electron chi connectivity index (χ4n) is 2.29. The largest absolute Gasteiger partial charge is 0.497 e. The summed E-state index contributed by atoms with van der Waals surface area (Å²) in [5, 5.41) is 3.56. The molecular weight excluding hydrogens is 340 g/mol. The number of fused-ring (bicyclic) bond motifs is 1. The molecule has 0 spiro atoms. The van der Waals surface area contributed by atoms with Crippen LogP contribution in [0.3, 0.4) is 0 Å². The third-order valence-corrected chi connectivity index (χ3v) is 5.74. The van der Waals surface area contributed by atoms with Crippen molar-refractivity contribution in [2.24, 2.45) is 0 Å². The Morgan fingerprint density at radius 1 is 1.17 bits per heavy atom. The van der Waals surface area contributed by atoms with Crippen LogP contribution in [-0.4, -0.2) is 23.8 Å². The number of rotatable bonds is 5. The summed E-state index contributed by atoms with van der Waals surface area (Å²) >= 11 is 3.01. The highest BCUT2D eigenvalue weighted by molar-refractivity contribution is 8.00. The van der Waals surface area contributed by atoms with Gasteiger partial charge in [0.1, 0.15) is 5.75 Å². The molecule has 0 atom stereocenters. The Balaban J connectivity index is 1.64. The third-order valence-electron chi connectivity index (χ3n) is 3.62. The van der Waals surface area contributed by atoms with Crippen molar-refractivity contribution in [2.75, 3.05) is 18.2 Å². The van der Waals surface area contributed by atoms with Crippen molar-refractivity contribution in [2.45, 2.75) is 18.7 Å². The Bertz CT molecular complexity index is 834. The second kappa shape index (κ2) is 7.23. The van der Waals surface area contributed by atoms with E-state index in [4.69, 9.17) is 4.74 Å². The van der Waals surface area contributed by atoms with Gasteiger partial charge in [-0.25, -0.2) is 4.98 Å². The van der Waals surface area contributed by atoms with Gasteiger partial charge in [-0.3, -0.25) is 4.79 Å². The average molecular weight is 358 g/mol. The van der Waals surface area contributed by atoms with Gasteiger partial charge < -0.3 is 10.1 Å². The van der Waals surface area contributed by atoms with Crippen molar-refractivity contribution >= 4 is 44.4 Å². The highest BCUT2D eigenvalue weighted by Gasteiger charge is 2.11. The van der Waals surface area contributed by atoms with Gasteiger partial charge >= 0.3 is 0 Å². The molecular formula is C18H18N2O2S2. The van der Waals surface area contributed by atoms with Crippen LogP contribution in [0.25, 0.3) is 10.2 Å². The van der Waals surface area contributed by atoms with Crippen molar-refractivity contribution in [3.05, 3.63) is 47.5 Å². The molecule has 6 heteroatoms. The van der Waals surface area contributed by atoms with E-state index in [9.17, 15) is 4.79 Å². The predicted octanol–water partition coefficient (Wildman–Crippen LogP) is 4.65. The number of benzene rings is 2. The number of carbonyl (C=O) groups excluding carboxylic acids is 1. The molecule has 0 unspecified atom stereocenters. The molecule has 0 radical (unpaired) electrons. The van der Waals surface area contributed by atoms with E-state index in [1.165, 1.54) is 28.7 Å². The predicted molar refractivity (Wildman–Crippen MR) is 101 cm³/mol. The number of anilines is 1. The lowest BCUT2D eigenvalue weighted by Crippen LogP contribution is -2.13. The molecule has 0 bridgehead atoms. The minimum atomic E-state index is -0.0508. The summed E-state index contributed by atoms with van der Waals surface area (Å²) in [6, 6.07) is 11.8. The fourth-order valence-corrected chi connectivity index (χ4v) is 4.01. The number of thiazole rings is 1. The second-order valence-electron chi connectivity index (χ2n) is 5.41. The second-order valence-corrected chi connectivity index (χ2v) is 7.46. The molecule has 4 nitrogen and oxygen atoms in total. The molecule has 0 aliphatic carbocycles. The Hall–Kier alpha value is -2.05. The first-order valence-corrected chi connectivity index (χ1v) is 9.30. The van der Waals surface area contributed by atoms with Crippen molar-refractivity contribution in [1.82, 2.24) is 4.98 Å². The van der Waals surface area contributed by atoms with Gasteiger partial charge in [0.2, 0.25) is 5.91 Å². The van der Waals surface area contributed by atoms with Crippen LogP contribution in [0.4, 0.5) is 5.13 Å². The van der Waals surface area contributed by atoms with Gasteiger partial charge in [0, 0.05) is 4.90 Å². The first kappa shape index (κ1) is 16.8. The molecule has 124 valence electrons. The van der Waals surface area contributed by atoms with Gasteiger partial charge in [0.15, 0.2) is 5.13 Å². The van der Waals surface area contributed by atoms with Crippen LogP contribution >= 0.6 is 23.1 Å². The van der Waals surface area contributed by atoms with Crippen molar-refractivity contribution in [3.8, 4) is 5.75 Å². The van der Waals surface area contributed by atoms with E-state index < -0.39 is 0 Å². The van der Waals surface area contributed by atoms with Gasteiger partial charge in [-0.05, 0) is 49.2 Å². The van der Waals surface area contributed by atoms with Crippen molar-refractivity contribution < 1.29 is 9.53 Å². The fraction of sp³-hybridized carbons (Fsp3) is 0.222. The average Bonchev–Trinajstić information content (AvgIpc) is 3.02. The summed E-state index contributed by atoms with van der Waals surface area (Å²) in [5.74, 6) is 1.11. The van der Waals surface area contributed by atoms with Gasteiger partial charge in [-0.15, -0.1) is 11.8 Å². The monoisotopic (exact) mass is 358 g/mol. The number of ether oxygens (including phenoxy) is 1. The van der Waals surface area contributed by atoms with Crippen molar-refractivity contribution in [3.63, 3.8) is 0 Å². The molecule has 1 heterocycles. The van der Waals surface area contributed by atoms with E-state index >= 15 is 0 Å². The Kier molecular flexibility index (Phi) is 5.06. The summed E-state index contributed by atoms with van der Waals surface area (Å²) in [4.78, 5) is 17.7. The van der Waals surface area contributed by atoms with Gasteiger partial charge in [0.25, 0.3) is 0 Å². The molecule has 0 aliphatic heterocycles. The number of nitrogens with one attached hydrogen (secondary N) is 1. The maximum atomic E-state index is 12.2. The Morgan fingerprint density at radius 3 is 2.54 bits per heavy atom. The number of methoxy groups -OCH3 is 1. The highest BCUT2D eigenvalue weighted by Crippen LogP contribution is 2.31. The molecule has 3 aromatic rings. The lowest BCUT2D eigenvalue weighted by atomic mass is 10.1. The molecule has 0 fully saturated rings. The molecule has 0 aliphatic rings. The number of nitrogens with zero attached hydrogens (tertiary/aromatic N) is 1. The van der Waals surface area contributed by atoms with Crippen LogP contribution in [0.1, 0.15) is 11.1 Å². The zero-order chi connectivity index (χ0) is 17.1. The van der Waals surface area contributed by atoms with E-state index in [1.54, 1.807) is 7.11 Å². The molecule has 0 saturated heterocycles. The summed E-state index contributed by atoms with van der Waals surface area (Å²) < 4.78 is 6.26. The van der Waals surface area contributed by atoms with E-state index in [1.807, 2.05) is 31.2 Å². The maximum Gasteiger partial charge on any atom is 0.236 e. The highest BCUT2D eigenvalue weighted by atomic mass is 32.2. The van der Waals surface area contributed by atoms with Crippen LogP contribution in [0.5, 0.6) is 5.75 Å². The lowest BCUT2D eigenvalue weighted by Gasteiger charge is -2.03. The first-order chi connectivity index (χ1) is 11.6. The third kappa shape index (κ3) is 3.71. The smallest absolute Gasteiger partial charge is 0.236 e. The normalized spacial score (nSPS) is 10.8.